The van der Waals surface area contributed by atoms with Gasteiger partial charge in [-0.15, -0.1) is 0 Å². The zero-order chi connectivity index (χ0) is 11.2. The first-order valence-electron chi connectivity index (χ1n) is 6.39. The van der Waals surface area contributed by atoms with Gasteiger partial charge in [0.15, 0.2) is 5.78 Å². The monoisotopic (exact) mass is 218 g/mol. The van der Waals surface area contributed by atoms with Crippen molar-refractivity contribution in [1.29, 1.82) is 0 Å². The minimum atomic E-state index is 0.0924. The first-order chi connectivity index (χ1) is 7.86. The Hall–Kier alpha value is -0.890. The lowest BCUT2D eigenvalue weighted by Gasteiger charge is -2.26. The zero-order valence-electron chi connectivity index (χ0n) is 9.82. The fraction of sp³-hybridized carbons (Fsp3) is 0.643. The van der Waals surface area contributed by atoms with E-state index in [0.717, 1.165) is 19.4 Å². The number of nitrogens with zero attached hydrogens (tertiary/aromatic N) is 1. The van der Waals surface area contributed by atoms with Gasteiger partial charge in [-0.25, -0.2) is 0 Å². The molecule has 2 aliphatic rings. The molecule has 0 N–H and O–H groups in total. The number of piperidine rings is 1. The molecule has 1 atom stereocenters. The molecule has 0 aromatic heterocycles. The first-order valence-corrected chi connectivity index (χ1v) is 6.39. The van der Waals surface area contributed by atoms with Gasteiger partial charge in [0.2, 0.25) is 0 Å². The zero-order valence-corrected chi connectivity index (χ0v) is 9.82. The van der Waals surface area contributed by atoms with E-state index >= 15 is 0 Å². The van der Waals surface area contributed by atoms with Crippen LogP contribution in [0.2, 0.25) is 0 Å². The van der Waals surface area contributed by atoms with Crippen molar-refractivity contribution in [3.8, 4) is 0 Å². The van der Waals surface area contributed by atoms with Crippen molar-refractivity contribution < 1.29 is 4.79 Å². The van der Waals surface area contributed by atoms with Crippen LogP contribution in [-0.4, -0.2) is 30.3 Å². The van der Waals surface area contributed by atoms with Crippen LogP contribution in [0.3, 0.4) is 0 Å². The molecule has 0 amide bonds. The molecular weight excluding hydrogens is 198 g/mol. The van der Waals surface area contributed by atoms with Gasteiger partial charge in [0.25, 0.3) is 0 Å². The highest BCUT2D eigenvalue weighted by atomic mass is 16.1. The highest BCUT2D eigenvalue weighted by molar-refractivity contribution is 5.90. The lowest BCUT2D eigenvalue weighted by Crippen LogP contribution is -2.31. The number of Topliss-reactive ketones (excluding diaryl/α,β-unsaturated/α-hetero) is 1. The summed E-state index contributed by atoms with van der Waals surface area (Å²) in [7, 11) is 0. The number of ketones is 1. The van der Waals surface area contributed by atoms with E-state index in [0.29, 0.717) is 0 Å². The number of carbonyl (C=O) groups excluding carboxylic acids is 1. The summed E-state index contributed by atoms with van der Waals surface area (Å²) in [4.78, 5) is 14.0. The van der Waals surface area contributed by atoms with Crippen LogP contribution in [0.25, 0.3) is 0 Å². The number of carbonyl (C=O) groups is 1. The lowest BCUT2D eigenvalue weighted by molar-refractivity contribution is -0.117. The summed E-state index contributed by atoms with van der Waals surface area (Å²) in [6, 6.07) is 0. The van der Waals surface area contributed by atoms with Crippen LogP contribution < -0.4 is 0 Å². The van der Waals surface area contributed by atoms with Crippen LogP contribution in [0.15, 0.2) is 18.2 Å². The fourth-order valence-corrected chi connectivity index (χ4v) is 2.46. The molecule has 0 aromatic rings. The molecule has 2 nitrogen and oxygen atoms in total. The number of likely N-dealkylation sites (tertiary alicyclic amines) is 1. The molecule has 16 heavy (non-hydrogen) atoms. The SMILES string of the molecule is O=C1[C]=CC=CC1CCCN1CCCCC1. The number of hydrogen-bond donors (Lipinski definition) is 0. The van der Waals surface area contributed by atoms with Crippen molar-refractivity contribution in [2.75, 3.05) is 19.6 Å². The Morgan fingerprint density at radius 3 is 2.88 bits per heavy atom. The number of allylic oxidation sites excluding steroid dienone is 4. The normalized spacial score (nSPS) is 26.2. The predicted octanol–water partition coefficient (Wildman–Crippen LogP) is 2.37. The van der Waals surface area contributed by atoms with Gasteiger partial charge in [-0.3, -0.25) is 4.79 Å². The highest BCUT2D eigenvalue weighted by Gasteiger charge is 2.16. The molecule has 87 valence electrons. The molecule has 2 heteroatoms. The van der Waals surface area contributed by atoms with Gasteiger partial charge in [0, 0.05) is 12.0 Å². The molecule has 2 rings (SSSR count). The Kier molecular flexibility index (Phi) is 4.34. The molecule has 1 saturated heterocycles. The summed E-state index contributed by atoms with van der Waals surface area (Å²) in [5, 5.41) is 0. The predicted molar refractivity (Wildman–Crippen MR) is 65.0 cm³/mol. The Labute approximate surface area is 98.0 Å². The van der Waals surface area contributed by atoms with Crippen LogP contribution in [0.4, 0.5) is 0 Å². The van der Waals surface area contributed by atoms with E-state index in [1.54, 1.807) is 6.08 Å². The third-order valence-corrected chi connectivity index (χ3v) is 3.44. The molecule has 1 unspecified atom stereocenters. The molecule has 1 radical (unpaired) electrons. The quantitative estimate of drug-likeness (QED) is 0.722. The van der Waals surface area contributed by atoms with Gasteiger partial charge < -0.3 is 4.90 Å². The van der Waals surface area contributed by atoms with E-state index in [1.807, 2.05) is 12.2 Å². The molecule has 0 aromatic carbocycles. The number of hydrogen-bond acceptors (Lipinski definition) is 2. The third-order valence-electron chi connectivity index (χ3n) is 3.44. The summed E-state index contributed by atoms with van der Waals surface area (Å²) in [6.07, 6.45) is 14.6. The van der Waals surface area contributed by atoms with Crippen molar-refractivity contribution in [3.63, 3.8) is 0 Å². The van der Waals surface area contributed by atoms with Gasteiger partial charge in [0.1, 0.15) is 0 Å². The smallest absolute Gasteiger partial charge is 0.170 e. The minimum Gasteiger partial charge on any atom is -0.303 e. The average Bonchev–Trinajstić information content (AvgIpc) is 2.33. The summed E-state index contributed by atoms with van der Waals surface area (Å²) in [5.74, 6) is 0.246. The minimum absolute atomic E-state index is 0.0924. The summed E-state index contributed by atoms with van der Waals surface area (Å²) in [6.45, 7) is 3.66. The van der Waals surface area contributed by atoms with Gasteiger partial charge in [0.05, 0.1) is 0 Å². The molecule has 0 bridgehead atoms. The highest BCUT2D eigenvalue weighted by Crippen LogP contribution is 2.15. The maximum absolute atomic E-state index is 11.5. The molecule has 1 aliphatic heterocycles. The van der Waals surface area contributed by atoms with Crippen LogP contribution in [0, 0.1) is 12.0 Å². The maximum atomic E-state index is 11.5. The van der Waals surface area contributed by atoms with Gasteiger partial charge >= 0.3 is 0 Å². The summed E-state index contributed by atoms with van der Waals surface area (Å²) in [5.41, 5.74) is 0. The van der Waals surface area contributed by atoms with Crippen molar-refractivity contribution in [2.24, 2.45) is 5.92 Å². The standard InChI is InChI=1S/C14H20NO/c16-14-9-3-2-7-13(14)8-6-12-15-10-4-1-5-11-15/h2-3,7,13H,1,4-6,8,10-12H2. The Morgan fingerprint density at radius 1 is 1.31 bits per heavy atom. The fourth-order valence-electron chi connectivity index (χ4n) is 2.46. The molecule has 0 saturated carbocycles. The van der Waals surface area contributed by atoms with Crippen LogP contribution in [0.1, 0.15) is 32.1 Å². The maximum Gasteiger partial charge on any atom is 0.170 e. The van der Waals surface area contributed by atoms with E-state index in [9.17, 15) is 4.79 Å². The van der Waals surface area contributed by atoms with E-state index in [-0.39, 0.29) is 11.7 Å². The molecule has 1 aliphatic carbocycles. The van der Waals surface area contributed by atoms with Gasteiger partial charge in [-0.05, 0) is 45.3 Å². The van der Waals surface area contributed by atoms with Crippen LogP contribution in [0.5, 0.6) is 0 Å². The number of rotatable bonds is 4. The Balaban J connectivity index is 1.65. The van der Waals surface area contributed by atoms with Crippen molar-refractivity contribution in [3.05, 3.63) is 24.3 Å². The van der Waals surface area contributed by atoms with E-state index < -0.39 is 0 Å². The Morgan fingerprint density at radius 2 is 2.12 bits per heavy atom. The Bertz CT molecular complexity index is 287. The van der Waals surface area contributed by atoms with Crippen molar-refractivity contribution in [2.45, 2.75) is 32.1 Å². The van der Waals surface area contributed by atoms with E-state index in [2.05, 4.69) is 11.0 Å². The van der Waals surface area contributed by atoms with E-state index in [4.69, 9.17) is 0 Å². The largest absolute Gasteiger partial charge is 0.303 e. The van der Waals surface area contributed by atoms with Crippen LogP contribution in [-0.2, 0) is 4.79 Å². The lowest BCUT2D eigenvalue weighted by atomic mass is 9.94. The second kappa shape index (κ2) is 6.00. The van der Waals surface area contributed by atoms with Crippen molar-refractivity contribution >= 4 is 5.78 Å². The summed E-state index contributed by atoms with van der Waals surface area (Å²) >= 11 is 0. The van der Waals surface area contributed by atoms with Crippen molar-refractivity contribution in [1.82, 2.24) is 4.90 Å². The van der Waals surface area contributed by atoms with E-state index in [1.165, 1.54) is 32.4 Å². The molecule has 1 heterocycles. The topological polar surface area (TPSA) is 20.3 Å². The van der Waals surface area contributed by atoms with Gasteiger partial charge in [-0.1, -0.05) is 24.6 Å². The van der Waals surface area contributed by atoms with Gasteiger partial charge in [-0.2, -0.15) is 0 Å². The average molecular weight is 218 g/mol. The third kappa shape index (κ3) is 3.31. The second-order valence-corrected chi connectivity index (χ2v) is 4.71. The van der Waals surface area contributed by atoms with Crippen LogP contribution >= 0.6 is 0 Å². The second-order valence-electron chi connectivity index (χ2n) is 4.71. The molecule has 1 fully saturated rings. The molecular formula is C14H20NO. The molecule has 0 spiro atoms. The summed E-state index contributed by atoms with van der Waals surface area (Å²) < 4.78 is 0. The first kappa shape index (κ1) is 11.6.